The van der Waals surface area contributed by atoms with E-state index in [1.165, 1.54) is 12.1 Å². The zero-order valence-corrected chi connectivity index (χ0v) is 14.4. The molecule has 0 spiro atoms. The SMILES string of the molecule is O=C(COC(=O)c1ccc(S(=O)(=O)C(F)F)cc1)c1ccc2c(c1)OCO2. The Labute approximate surface area is 152 Å². The molecule has 0 saturated heterocycles. The van der Waals surface area contributed by atoms with Gasteiger partial charge in [-0.2, -0.15) is 8.78 Å². The molecule has 0 amide bonds. The molecule has 142 valence electrons. The molecule has 7 nitrogen and oxygen atoms in total. The van der Waals surface area contributed by atoms with Crippen molar-refractivity contribution in [1.82, 2.24) is 0 Å². The number of halogens is 2. The minimum atomic E-state index is -4.75. The van der Waals surface area contributed by atoms with Gasteiger partial charge in [-0.3, -0.25) is 4.79 Å². The third-order valence-electron chi connectivity index (χ3n) is 3.68. The lowest BCUT2D eigenvalue weighted by molar-refractivity contribution is 0.0474. The van der Waals surface area contributed by atoms with Crippen LogP contribution in [0.5, 0.6) is 11.5 Å². The van der Waals surface area contributed by atoms with Gasteiger partial charge in [0.2, 0.25) is 16.6 Å². The third-order valence-corrected chi connectivity index (χ3v) is 5.08. The molecule has 0 bridgehead atoms. The maximum absolute atomic E-state index is 12.5. The Morgan fingerprint density at radius 2 is 1.63 bits per heavy atom. The number of fused-ring (bicyclic) bond motifs is 1. The fourth-order valence-electron chi connectivity index (χ4n) is 2.25. The van der Waals surface area contributed by atoms with Crippen molar-refractivity contribution in [1.29, 1.82) is 0 Å². The molecule has 0 aliphatic carbocycles. The smallest absolute Gasteiger partial charge is 0.341 e. The first-order chi connectivity index (χ1) is 12.8. The summed E-state index contributed by atoms with van der Waals surface area (Å²) in [5, 5.41) is 0. The highest BCUT2D eigenvalue weighted by Crippen LogP contribution is 2.32. The quantitative estimate of drug-likeness (QED) is 0.545. The molecular formula is C17H12F2O7S. The zero-order valence-electron chi connectivity index (χ0n) is 13.6. The number of hydrogen-bond acceptors (Lipinski definition) is 7. The zero-order chi connectivity index (χ0) is 19.6. The Bertz CT molecular complexity index is 985. The van der Waals surface area contributed by atoms with Crippen LogP contribution in [0.25, 0.3) is 0 Å². The molecule has 2 aromatic rings. The van der Waals surface area contributed by atoms with Gasteiger partial charge in [0.25, 0.3) is 0 Å². The van der Waals surface area contributed by atoms with E-state index in [-0.39, 0.29) is 17.9 Å². The number of alkyl halides is 2. The van der Waals surface area contributed by atoms with Crippen molar-refractivity contribution in [2.24, 2.45) is 0 Å². The highest BCUT2D eigenvalue weighted by molar-refractivity contribution is 7.91. The van der Waals surface area contributed by atoms with E-state index in [2.05, 4.69) is 0 Å². The molecule has 0 N–H and O–H groups in total. The number of sulfone groups is 1. The van der Waals surface area contributed by atoms with E-state index in [4.69, 9.17) is 14.2 Å². The van der Waals surface area contributed by atoms with Crippen molar-refractivity contribution in [2.75, 3.05) is 13.4 Å². The first-order valence-corrected chi connectivity index (χ1v) is 9.06. The minimum absolute atomic E-state index is 0.0548. The minimum Gasteiger partial charge on any atom is -0.454 e. The number of ether oxygens (including phenoxy) is 3. The van der Waals surface area contributed by atoms with Crippen LogP contribution < -0.4 is 9.47 Å². The Kier molecular flexibility index (Phi) is 5.08. The van der Waals surface area contributed by atoms with Crippen molar-refractivity contribution >= 4 is 21.6 Å². The topological polar surface area (TPSA) is 96.0 Å². The van der Waals surface area contributed by atoms with Crippen LogP contribution in [0.1, 0.15) is 20.7 Å². The van der Waals surface area contributed by atoms with Crippen LogP contribution in [0.3, 0.4) is 0 Å². The van der Waals surface area contributed by atoms with Gasteiger partial charge in [-0.05, 0) is 42.5 Å². The molecule has 3 rings (SSSR count). The van der Waals surface area contributed by atoms with Gasteiger partial charge in [0, 0.05) is 5.56 Å². The van der Waals surface area contributed by atoms with E-state index < -0.39 is 38.8 Å². The lowest BCUT2D eigenvalue weighted by Crippen LogP contribution is -2.15. The third kappa shape index (κ3) is 3.90. The monoisotopic (exact) mass is 398 g/mol. The lowest BCUT2D eigenvalue weighted by Gasteiger charge is -2.06. The van der Waals surface area contributed by atoms with Crippen molar-refractivity contribution in [3.8, 4) is 11.5 Å². The number of hydrogen-bond donors (Lipinski definition) is 0. The normalized spacial score (nSPS) is 12.9. The predicted octanol–water partition coefficient (Wildman–Crippen LogP) is 2.45. The number of Topliss-reactive ketones (excluding diaryl/α,β-unsaturated/α-hetero) is 1. The maximum atomic E-state index is 12.5. The summed E-state index contributed by atoms with van der Waals surface area (Å²) in [6.07, 6.45) is 0. The Balaban J connectivity index is 1.63. The average Bonchev–Trinajstić information content (AvgIpc) is 3.13. The summed E-state index contributed by atoms with van der Waals surface area (Å²) in [6, 6.07) is 8.32. The molecule has 10 heteroatoms. The number of rotatable bonds is 6. The van der Waals surface area contributed by atoms with Gasteiger partial charge in [0.1, 0.15) is 0 Å². The summed E-state index contributed by atoms with van der Waals surface area (Å²) in [7, 11) is -4.75. The predicted molar refractivity (Wildman–Crippen MR) is 86.8 cm³/mol. The van der Waals surface area contributed by atoms with E-state index >= 15 is 0 Å². The molecule has 0 aromatic heterocycles. The molecule has 0 fully saturated rings. The van der Waals surface area contributed by atoms with Crippen LogP contribution in [-0.4, -0.2) is 39.3 Å². The van der Waals surface area contributed by atoms with Crippen LogP contribution in [0.15, 0.2) is 47.4 Å². The Morgan fingerprint density at radius 1 is 1.00 bits per heavy atom. The maximum Gasteiger partial charge on any atom is 0.341 e. The fourth-order valence-corrected chi connectivity index (χ4v) is 2.97. The van der Waals surface area contributed by atoms with Crippen LogP contribution in [0.4, 0.5) is 8.78 Å². The second-order valence-corrected chi connectivity index (χ2v) is 7.32. The number of benzene rings is 2. The van der Waals surface area contributed by atoms with E-state index in [1.807, 2.05) is 0 Å². The fraction of sp³-hybridized carbons (Fsp3) is 0.176. The molecule has 0 radical (unpaired) electrons. The van der Waals surface area contributed by atoms with E-state index in [1.54, 1.807) is 6.07 Å². The van der Waals surface area contributed by atoms with E-state index in [9.17, 15) is 26.8 Å². The molecule has 1 aliphatic rings. The summed E-state index contributed by atoms with van der Waals surface area (Å²) in [5.41, 5.74) is 0.173. The molecule has 0 unspecified atom stereocenters. The first-order valence-electron chi connectivity index (χ1n) is 7.51. The van der Waals surface area contributed by atoms with Crippen molar-refractivity contribution in [2.45, 2.75) is 10.7 Å². The Morgan fingerprint density at radius 3 is 2.30 bits per heavy atom. The molecule has 0 atom stereocenters. The largest absolute Gasteiger partial charge is 0.454 e. The Hall–Kier alpha value is -3.01. The molecule has 1 aliphatic heterocycles. The molecular weight excluding hydrogens is 386 g/mol. The van der Waals surface area contributed by atoms with Gasteiger partial charge in [-0.15, -0.1) is 0 Å². The standard InChI is InChI=1S/C17H12F2O7S/c18-17(19)27(22,23)12-4-1-10(2-5-12)16(21)24-8-13(20)11-3-6-14-15(7-11)26-9-25-14/h1-7,17H,8-9H2. The van der Waals surface area contributed by atoms with Gasteiger partial charge in [-0.1, -0.05) is 0 Å². The van der Waals surface area contributed by atoms with Crippen molar-refractivity contribution < 1.29 is 41.0 Å². The van der Waals surface area contributed by atoms with Gasteiger partial charge >= 0.3 is 11.7 Å². The summed E-state index contributed by atoms with van der Waals surface area (Å²) in [5.74, 6) is -4.04. The van der Waals surface area contributed by atoms with Gasteiger partial charge in [0.15, 0.2) is 23.9 Å². The van der Waals surface area contributed by atoms with Crippen LogP contribution in [0, 0.1) is 0 Å². The van der Waals surface area contributed by atoms with Crippen molar-refractivity contribution in [3.63, 3.8) is 0 Å². The van der Waals surface area contributed by atoms with Gasteiger partial charge in [0.05, 0.1) is 10.5 Å². The summed E-state index contributed by atoms with van der Waals surface area (Å²) in [4.78, 5) is 23.4. The summed E-state index contributed by atoms with van der Waals surface area (Å²) >= 11 is 0. The number of carbonyl (C=O) groups is 2. The molecule has 1 heterocycles. The van der Waals surface area contributed by atoms with Crippen molar-refractivity contribution in [3.05, 3.63) is 53.6 Å². The van der Waals surface area contributed by atoms with Crippen LogP contribution in [-0.2, 0) is 14.6 Å². The van der Waals surface area contributed by atoms with E-state index in [0.717, 1.165) is 24.3 Å². The second-order valence-electron chi connectivity index (χ2n) is 5.40. The summed E-state index contributed by atoms with van der Waals surface area (Å²) in [6.45, 7) is -0.505. The van der Waals surface area contributed by atoms with E-state index in [0.29, 0.717) is 11.5 Å². The first kappa shape index (κ1) is 18.8. The second kappa shape index (κ2) is 7.31. The molecule has 27 heavy (non-hydrogen) atoms. The number of carbonyl (C=O) groups excluding carboxylic acids is 2. The van der Waals surface area contributed by atoms with Crippen LogP contribution in [0.2, 0.25) is 0 Å². The number of ketones is 1. The lowest BCUT2D eigenvalue weighted by atomic mass is 10.1. The summed E-state index contributed by atoms with van der Waals surface area (Å²) < 4.78 is 62.8. The average molecular weight is 398 g/mol. The number of esters is 1. The molecule has 2 aromatic carbocycles. The van der Waals surface area contributed by atoms with Gasteiger partial charge in [-0.25, -0.2) is 13.2 Å². The highest BCUT2D eigenvalue weighted by Gasteiger charge is 2.26. The van der Waals surface area contributed by atoms with Crippen LogP contribution >= 0.6 is 0 Å². The van der Waals surface area contributed by atoms with Gasteiger partial charge < -0.3 is 14.2 Å². The molecule has 0 saturated carbocycles. The highest BCUT2D eigenvalue weighted by atomic mass is 32.2.